The summed E-state index contributed by atoms with van der Waals surface area (Å²) < 4.78 is 7.38. The second-order valence-electron chi connectivity index (χ2n) is 9.44. The molecule has 0 amide bonds. The summed E-state index contributed by atoms with van der Waals surface area (Å²) in [5.41, 5.74) is 2.94. The number of benzene rings is 2. The van der Waals surface area contributed by atoms with E-state index in [1.807, 2.05) is 42.5 Å². The molecule has 0 aliphatic heterocycles. The summed E-state index contributed by atoms with van der Waals surface area (Å²) in [7, 11) is -1.94. The van der Waals surface area contributed by atoms with Crippen LogP contribution in [0.2, 0.25) is 18.1 Å². The largest absolute Gasteiger partial charge is 0.543 e. The molecule has 2 aromatic heterocycles. The van der Waals surface area contributed by atoms with Crippen LogP contribution in [0.5, 0.6) is 5.75 Å². The van der Waals surface area contributed by atoms with E-state index in [1.165, 1.54) is 0 Å². The third kappa shape index (κ3) is 4.91. The number of anilines is 2. The number of hydrogen-bond donors (Lipinski definition) is 2. The van der Waals surface area contributed by atoms with Crippen molar-refractivity contribution in [1.29, 1.82) is 0 Å². The minimum Gasteiger partial charge on any atom is -0.543 e. The molecular formula is C25H27N3O3SSi. The molecule has 0 fully saturated rings. The Balaban J connectivity index is 1.62. The van der Waals surface area contributed by atoms with Gasteiger partial charge in [-0.15, -0.1) is 11.3 Å². The van der Waals surface area contributed by atoms with Crippen molar-refractivity contribution in [1.82, 2.24) is 9.97 Å². The van der Waals surface area contributed by atoms with E-state index in [4.69, 9.17) is 9.53 Å². The van der Waals surface area contributed by atoms with Gasteiger partial charge in [0.15, 0.2) is 5.82 Å². The van der Waals surface area contributed by atoms with Crippen LogP contribution in [-0.2, 0) is 0 Å². The van der Waals surface area contributed by atoms with Gasteiger partial charge >= 0.3 is 5.97 Å². The normalized spacial score (nSPS) is 12.0. The Morgan fingerprint density at radius 2 is 1.79 bits per heavy atom. The SMILES string of the molecule is CC(C)(C)[Si](C)(C)Oc1cccc(Nc2ncnc3cc(-c4ccc(C(=O)O)cc4)sc23)c1. The van der Waals surface area contributed by atoms with Gasteiger partial charge in [-0.2, -0.15) is 0 Å². The minimum absolute atomic E-state index is 0.116. The molecule has 0 aliphatic carbocycles. The third-order valence-electron chi connectivity index (χ3n) is 6.00. The standard InChI is InChI=1S/C25H27N3O3SSi/c1-25(2,3)33(4,5)31-19-8-6-7-18(13-19)28-23-22-20(26-15-27-23)14-21(32-22)16-9-11-17(12-10-16)24(29)30/h6-15H,1-5H3,(H,29,30)(H,26,27,28). The Hall–Kier alpha value is -3.23. The van der Waals surface area contributed by atoms with Crippen LogP contribution in [0.3, 0.4) is 0 Å². The molecule has 33 heavy (non-hydrogen) atoms. The molecule has 4 aromatic rings. The van der Waals surface area contributed by atoms with Gasteiger partial charge in [-0.25, -0.2) is 14.8 Å². The Bertz CT molecular complexity index is 1310. The number of carboxylic acid groups (broad SMARTS) is 1. The highest BCUT2D eigenvalue weighted by atomic mass is 32.1. The number of aromatic carboxylic acids is 1. The fraction of sp³-hybridized carbons (Fsp3) is 0.240. The van der Waals surface area contributed by atoms with Gasteiger partial charge in [0.1, 0.15) is 12.1 Å². The zero-order valence-electron chi connectivity index (χ0n) is 19.3. The first-order valence-electron chi connectivity index (χ1n) is 10.7. The molecular weight excluding hydrogens is 450 g/mol. The van der Waals surface area contributed by atoms with E-state index in [0.717, 1.165) is 37.9 Å². The van der Waals surface area contributed by atoms with Crippen LogP contribution in [0.4, 0.5) is 11.5 Å². The zero-order valence-corrected chi connectivity index (χ0v) is 21.2. The van der Waals surface area contributed by atoms with Gasteiger partial charge in [0.05, 0.1) is 15.8 Å². The summed E-state index contributed by atoms with van der Waals surface area (Å²) in [5, 5.41) is 12.7. The first kappa shape index (κ1) is 22.9. The summed E-state index contributed by atoms with van der Waals surface area (Å²) in [6.45, 7) is 11.1. The van der Waals surface area contributed by atoms with Crippen molar-refractivity contribution < 1.29 is 14.3 Å². The van der Waals surface area contributed by atoms with Gasteiger partial charge in [0.2, 0.25) is 8.32 Å². The van der Waals surface area contributed by atoms with Crippen molar-refractivity contribution in [3.63, 3.8) is 0 Å². The first-order chi connectivity index (χ1) is 15.5. The molecule has 2 N–H and O–H groups in total. The van der Waals surface area contributed by atoms with E-state index in [-0.39, 0.29) is 10.6 Å². The second-order valence-corrected chi connectivity index (χ2v) is 15.2. The molecule has 0 unspecified atom stereocenters. The van der Waals surface area contributed by atoms with Gasteiger partial charge in [-0.1, -0.05) is 39.0 Å². The van der Waals surface area contributed by atoms with Crippen molar-refractivity contribution in [3.05, 3.63) is 66.5 Å². The maximum absolute atomic E-state index is 11.1. The van der Waals surface area contributed by atoms with E-state index < -0.39 is 14.3 Å². The topological polar surface area (TPSA) is 84.3 Å². The number of carbonyl (C=O) groups is 1. The van der Waals surface area contributed by atoms with Crippen LogP contribution in [0, 0.1) is 0 Å². The number of fused-ring (bicyclic) bond motifs is 1. The highest BCUT2D eigenvalue weighted by molar-refractivity contribution is 7.22. The monoisotopic (exact) mass is 477 g/mol. The van der Waals surface area contributed by atoms with E-state index in [0.29, 0.717) is 0 Å². The molecule has 6 nitrogen and oxygen atoms in total. The molecule has 0 aliphatic rings. The summed E-state index contributed by atoms with van der Waals surface area (Å²) in [4.78, 5) is 21.0. The Morgan fingerprint density at radius 1 is 1.06 bits per heavy atom. The smallest absolute Gasteiger partial charge is 0.335 e. The molecule has 170 valence electrons. The minimum atomic E-state index is -1.94. The fourth-order valence-electron chi connectivity index (χ4n) is 3.08. The number of hydrogen-bond acceptors (Lipinski definition) is 6. The van der Waals surface area contributed by atoms with Crippen LogP contribution in [0.15, 0.2) is 60.9 Å². The van der Waals surface area contributed by atoms with Crippen molar-refractivity contribution >= 4 is 47.3 Å². The maximum Gasteiger partial charge on any atom is 0.335 e. The molecule has 0 atom stereocenters. The predicted octanol–water partition coefficient (Wildman–Crippen LogP) is 7.18. The van der Waals surface area contributed by atoms with Gasteiger partial charge in [0, 0.05) is 16.6 Å². The van der Waals surface area contributed by atoms with Crippen molar-refractivity contribution in [2.24, 2.45) is 0 Å². The molecule has 0 bridgehead atoms. The van der Waals surface area contributed by atoms with Crippen molar-refractivity contribution in [3.8, 4) is 16.2 Å². The molecule has 0 saturated carbocycles. The van der Waals surface area contributed by atoms with Crippen LogP contribution in [0.1, 0.15) is 31.1 Å². The van der Waals surface area contributed by atoms with Gasteiger partial charge in [-0.05, 0) is 54.0 Å². The highest BCUT2D eigenvalue weighted by Crippen LogP contribution is 2.39. The number of carboxylic acids is 1. The molecule has 0 radical (unpaired) electrons. The summed E-state index contributed by atoms with van der Waals surface area (Å²) in [6.07, 6.45) is 1.55. The van der Waals surface area contributed by atoms with Crippen LogP contribution < -0.4 is 9.74 Å². The van der Waals surface area contributed by atoms with Gasteiger partial charge < -0.3 is 14.8 Å². The Kier molecular flexibility index (Phi) is 5.98. The second kappa shape index (κ2) is 8.61. The number of aromatic nitrogens is 2. The van der Waals surface area contributed by atoms with Crippen molar-refractivity contribution in [2.45, 2.75) is 38.9 Å². The quantitative estimate of drug-likeness (QED) is 0.286. The summed E-state index contributed by atoms with van der Waals surface area (Å²) in [5.74, 6) is 0.639. The van der Waals surface area contributed by atoms with Crippen molar-refractivity contribution in [2.75, 3.05) is 5.32 Å². The van der Waals surface area contributed by atoms with Crippen LogP contribution in [-0.4, -0.2) is 29.4 Å². The van der Waals surface area contributed by atoms with E-state index in [1.54, 1.807) is 29.8 Å². The molecule has 4 rings (SSSR count). The lowest BCUT2D eigenvalue weighted by molar-refractivity contribution is 0.0697. The predicted molar refractivity (Wildman–Crippen MR) is 137 cm³/mol. The highest BCUT2D eigenvalue weighted by Gasteiger charge is 2.39. The first-order valence-corrected chi connectivity index (χ1v) is 14.4. The lowest BCUT2D eigenvalue weighted by atomic mass is 10.1. The van der Waals surface area contributed by atoms with Crippen LogP contribution >= 0.6 is 11.3 Å². The molecule has 0 spiro atoms. The number of thiophene rings is 1. The fourth-order valence-corrected chi connectivity index (χ4v) is 5.17. The van der Waals surface area contributed by atoms with Gasteiger partial charge in [0.25, 0.3) is 0 Å². The lowest BCUT2D eigenvalue weighted by Gasteiger charge is -2.36. The van der Waals surface area contributed by atoms with Crippen LogP contribution in [0.25, 0.3) is 20.7 Å². The summed E-state index contributed by atoms with van der Waals surface area (Å²) in [6, 6.07) is 16.8. The maximum atomic E-state index is 11.1. The average molecular weight is 478 g/mol. The number of nitrogens with zero attached hydrogens (tertiary/aromatic N) is 2. The van der Waals surface area contributed by atoms with Gasteiger partial charge in [-0.3, -0.25) is 0 Å². The Morgan fingerprint density at radius 3 is 2.45 bits per heavy atom. The molecule has 2 heterocycles. The van der Waals surface area contributed by atoms with E-state index >= 15 is 0 Å². The molecule has 8 heteroatoms. The lowest BCUT2D eigenvalue weighted by Crippen LogP contribution is -2.43. The third-order valence-corrected chi connectivity index (χ3v) is 11.5. The van der Waals surface area contributed by atoms with E-state index in [9.17, 15) is 4.79 Å². The zero-order chi connectivity index (χ0) is 23.8. The average Bonchev–Trinajstić information content (AvgIpc) is 3.18. The molecule has 2 aromatic carbocycles. The molecule has 0 saturated heterocycles. The van der Waals surface area contributed by atoms with E-state index in [2.05, 4.69) is 49.1 Å². The summed E-state index contributed by atoms with van der Waals surface area (Å²) >= 11 is 1.57. The Labute approximate surface area is 198 Å². The number of rotatable bonds is 6. The number of nitrogens with one attached hydrogen (secondary N) is 1.